The van der Waals surface area contributed by atoms with Gasteiger partial charge < -0.3 is 10.6 Å². The number of anilines is 1. The summed E-state index contributed by atoms with van der Waals surface area (Å²) in [6.07, 6.45) is 5.33. The molecule has 1 heterocycles. The molecule has 0 amide bonds. The van der Waals surface area contributed by atoms with Crippen molar-refractivity contribution in [2.45, 2.75) is 45.2 Å². The standard InChI is InChI=1S/C13H21N3/c1-2-16(12-7-3-4-8-12)13-9-5-6-11(10-14)15-13/h5-6,9,12H,2-4,7-8,10,14H2,1H3. The fourth-order valence-electron chi connectivity index (χ4n) is 2.56. The molecule has 16 heavy (non-hydrogen) atoms. The van der Waals surface area contributed by atoms with E-state index in [1.54, 1.807) is 0 Å². The van der Waals surface area contributed by atoms with Gasteiger partial charge in [-0.15, -0.1) is 0 Å². The summed E-state index contributed by atoms with van der Waals surface area (Å²) in [5.41, 5.74) is 6.61. The maximum absolute atomic E-state index is 5.63. The second kappa shape index (κ2) is 5.30. The van der Waals surface area contributed by atoms with Crippen LogP contribution < -0.4 is 10.6 Å². The first kappa shape index (κ1) is 11.4. The lowest BCUT2D eigenvalue weighted by Crippen LogP contribution is -2.33. The highest BCUT2D eigenvalue weighted by molar-refractivity contribution is 5.40. The molecule has 0 atom stereocenters. The van der Waals surface area contributed by atoms with E-state index in [0.29, 0.717) is 12.6 Å². The van der Waals surface area contributed by atoms with Gasteiger partial charge in [0, 0.05) is 19.1 Å². The molecule has 1 aliphatic rings. The van der Waals surface area contributed by atoms with Gasteiger partial charge in [0.2, 0.25) is 0 Å². The van der Waals surface area contributed by atoms with E-state index in [4.69, 9.17) is 5.73 Å². The quantitative estimate of drug-likeness (QED) is 0.845. The number of hydrogen-bond acceptors (Lipinski definition) is 3. The van der Waals surface area contributed by atoms with Gasteiger partial charge in [-0.2, -0.15) is 0 Å². The molecule has 0 aliphatic heterocycles. The van der Waals surface area contributed by atoms with Gasteiger partial charge in [-0.1, -0.05) is 18.9 Å². The summed E-state index contributed by atoms with van der Waals surface area (Å²) in [6.45, 7) is 3.76. The maximum Gasteiger partial charge on any atom is 0.129 e. The van der Waals surface area contributed by atoms with Crippen molar-refractivity contribution in [3.63, 3.8) is 0 Å². The molecule has 1 aliphatic carbocycles. The summed E-state index contributed by atoms with van der Waals surface area (Å²) in [7, 11) is 0. The molecule has 1 fully saturated rings. The maximum atomic E-state index is 5.63. The lowest BCUT2D eigenvalue weighted by Gasteiger charge is -2.29. The number of rotatable bonds is 4. The Labute approximate surface area is 97.7 Å². The third kappa shape index (κ3) is 2.35. The van der Waals surface area contributed by atoms with Crippen molar-refractivity contribution >= 4 is 5.82 Å². The largest absolute Gasteiger partial charge is 0.354 e. The van der Waals surface area contributed by atoms with Crippen LogP contribution in [-0.4, -0.2) is 17.6 Å². The van der Waals surface area contributed by atoms with Gasteiger partial charge in [-0.25, -0.2) is 4.98 Å². The molecular formula is C13H21N3. The molecule has 0 saturated heterocycles. The minimum Gasteiger partial charge on any atom is -0.354 e. The zero-order chi connectivity index (χ0) is 11.4. The summed E-state index contributed by atoms with van der Waals surface area (Å²) in [4.78, 5) is 7.03. The van der Waals surface area contributed by atoms with Crippen LogP contribution in [0.15, 0.2) is 18.2 Å². The average Bonchev–Trinajstić information content (AvgIpc) is 2.84. The van der Waals surface area contributed by atoms with Crippen molar-refractivity contribution in [3.05, 3.63) is 23.9 Å². The molecular weight excluding hydrogens is 198 g/mol. The SMILES string of the molecule is CCN(c1cccc(CN)n1)C1CCCC1. The van der Waals surface area contributed by atoms with Crippen molar-refractivity contribution < 1.29 is 0 Å². The monoisotopic (exact) mass is 219 g/mol. The van der Waals surface area contributed by atoms with Crippen LogP contribution in [0.4, 0.5) is 5.82 Å². The van der Waals surface area contributed by atoms with Gasteiger partial charge in [0.15, 0.2) is 0 Å². The minimum absolute atomic E-state index is 0.524. The topological polar surface area (TPSA) is 42.1 Å². The average molecular weight is 219 g/mol. The summed E-state index contributed by atoms with van der Waals surface area (Å²) in [6, 6.07) is 6.83. The third-order valence-electron chi connectivity index (χ3n) is 3.40. The Morgan fingerprint density at radius 2 is 2.12 bits per heavy atom. The van der Waals surface area contributed by atoms with Crippen molar-refractivity contribution in [1.82, 2.24) is 4.98 Å². The minimum atomic E-state index is 0.524. The second-order valence-electron chi connectivity index (χ2n) is 4.42. The molecule has 1 aromatic heterocycles. The van der Waals surface area contributed by atoms with Gasteiger partial charge in [0.25, 0.3) is 0 Å². The van der Waals surface area contributed by atoms with Crippen molar-refractivity contribution in [1.29, 1.82) is 0 Å². The van der Waals surface area contributed by atoms with Gasteiger partial charge in [0.05, 0.1) is 5.69 Å². The van der Waals surface area contributed by atoms with Gasteiger partial charge >= 0.3 is 0 Å². The molecule has 2 rings (SSSR count). The predicted molar refractivity (Wildman–Crippen MR) is 67.4 cm³/mol. The highest BCUT2D eigenvalue weighted by Crippen LogP contribution is 2.26. The molecule has 3 heteroatoms. The normalized spacial score (nSPS) is 16.6. The highest BCUT2D eigenvalue weighted by atomic mass is 15.2. The van der Waals surface area contributed by atoms with Crippen molar-refractivity contribution in [2.24, 2.45) is 5.73 Å². The lowest BCUT2D eigenvalue weighted by atomic mass is 10.2. The molecule has 1 aromatic rings. The Hall–Kier alpha value is -1.09. The predicted octanol–water partition coefficient (Wildman–Crippen LogP) is 2.31. The molecule has 88 valence electrons. The number of nitrogens with zero attached hydrogens (tertiary/aromatic N) is 2. The summed E-state index contributed by atoms with van der Waals surface area (Å²) < 4.78 is 0. The van der Waals surface area contributed by atoms with Crippen LogP contribution in [0.1, 0.15) is 38.3 Å². The van der Waals surface area contributed by atoms with Gasteiger partial charge in [-0.3, -0.25) is 0 Å². The van der Waals surface area contributed by atoms with Crippen LogP contribution in [0, 0.1) is 0 Å². The molecule has 2 N–H and O–H groups in total. The molecule has 0 spiro atoms. The lowest BCUT2D eigenvalue weighted by molar-refractivity contribution is 0.612. The highest BCUT2D eigenvalue weighted by Gasteiger charge is 2.22. The number of hydrogen-bond donors (Lipinski definition) is 1. The Bertz CT molecular complexity index is 332. The van der Waals surface area contributed by atoms with E-state index < -0.39 is 0 Å². The number of pyridine rings is 1. The zero-order valence-electron chi connectivity index (χ0n) is 10.0. The second-order valence-corrected chi connectivity index (χ2v) is 4.42. The fourth-order valence-corrected chi connectivity index (χ4v) is 2.56. The summed E-state index contributed by atoms with van der Waals surface area (Å²) >= 11 is 0. The third-order valence-corrected chi connectivity index (χ3v) is 3.40. The van der Waals surface area contributed by atoms with E-state index in [1.807, 2.05) is 6.07 Å². The molecule has 0 bridgehead atoms. The van der Waals surface area contributed by atoms with Crippen LogP contribution >= 0.6 is 0 Å². The number of nitrogens with two attached hydrogens (primary N) is 1. The number of aromatic nitrogens is 1. The molecule has 3 nitrogen and oxygen atoms in total. The van der Waals surface area contributed by atoms with Crippen LogP contribution in [0.3, 0.4) is 0 Å². The van der Waals surface area contributed by atoms with Crippen LogP contribution in [-0.2, 0) is 6.54 Å². The van der Waals surface area contributed by atoms with E-state index >= 15 is 0 Å². The van der Waals surface area contributed by atoms with Gasteiger partial charge in [0.1, 0.15) is 5.82 Å². The smallest absolute Gasteiger partial charge is 0.129 e. The Kier molecular flexibility index (Phi) is 3.78. The van der Waals surface area contributed by atoms with Crippen molar-refractivity contribution in [3.8, 4) is 0 Å². The summed E-state index contributed by atoms with van der Waals surface area (Å²) in [5, 5.41) is 0. The van der Waals surface area contributed by atoms with E-state index in [-0.39, 0.29) is 0 Å². The Balaban J connectivity index is 2.18. The van der Waals surface area contributed by atoms with Crippen LogP contribution in [0.5, 0.6) is 0 Å². The van der Waals surface area contributed by atoms with E-state index in [0.717, 1.165) is 18.1 Å². The molecule has 1 saturated carbocycles. The Morgan fingerprint density at radius 3 is 2.75 bits per heavy atom. The van der Waals surface area contributed by atoms with Crippen LogP contribution in [0.25, 0.3) is 0 Å². The molecule has 0 unspecified atom stereocenters. The molecule has 0 aromatic carbocycles. The zero-order valence-corrected chi connectivity index (χ0v) is 10.0. The van der Waals surface area contributed by atoms with E-state index in [1.165, 1.54) is 25.7 Å². The Morgan fingerprint density at radius 1 is 1.38 bits per heavy atom. The van der Waals surface area contributed by atoms with Crippen LogP contribution in [0.2, 0.25) is 0 Å². The van der Waals surface area contributed by atoms with E-state index in [2.05, 4.69) is 28.9 Å². The summed E-state index contributed by atoms with van der Waals surface area (Å²) in [5.74, 6) is 1.09. The van der Waals surface area contributed by atoms with Crippen molar-refractivity contribution in [2.75, 3.05) is 11.4 Å². The first-order valence-corrected chi connectivity index (χ1v) is 6.27. The van der Waals surface area contributed by atoms with E-state index in [9.17, 15) is 0 Å². The first-order valence-electron chi connectivity index (χ1n) is 6.27. The fraction of sp³-hybridized carbons (Fsp3) is 0.615. The van der Waals surface area contributed by atoms with Gasteiger partial charge in [-0.05, 0) is 31.9 Å². The first-order chi connectivity index (χ1) is 7.85. The molecule has 0 radical (unpaired) electrons.